The van der Waals surface area contributed by atoms with Gasteiger partial charge in [-0.25, -0.2) is 0 Å². The Morgan fingerprint density at radius 2 is 1.62 bits per heavy atom. The van der Waals surface area contributed by atoms with Crippen molar-refractivity contribution in [3.05, 3.63) is 0 Å². The van der Waals surface area contributed by atoms with Crippen LogP contribution in [0.5, 0.6) is 0 Å². The summed E-state index contributed by atoms with van der Waals surface area (Å²) >= 11 is 5.73. The summed E-state index contributed by atoms with van der Waals surface area (Å²) in [5.41, 5.74) is 0. The normalized spacial score (nSPS) is 12.0. The van der Waals surface area contributed by atoms with E-state index >= 15 is 0 Å². The van der Waals surface area contributed by atoms with E-state index in [0.717, 1.165) is 12.3 Å². The molecule has 0 atom stereocenters. The van der Waals surface area contributed by atoms with E-state index in [2.05, 4.69) is 13.8 Å². The van der Waals surface area contributed by atoms with E-state index in [9.17, 15) is 0 Å². The number of hydrogen-bond donors (Lipinski definition) is 0. The Morgan fingerprint density at radius 3 is 1.92 bits per heavy atom. The monoisotopic (exact) mass is 222 g/mol. The second kappa shape index (κ2) is 7.83. The lowest BCUT2D eigenvalue weighted by Crippen LogP contribution is -2.36. The molecule has 0 N–H and O–H groups in total. The number of hydrogen-bond acceptors (Lipinski definition) is 1. The SMILES string of the molecule is CCC[Si](CCC)(CCCCl)OC. The first-order valence-corrected chi connectivity index (χ1v) is 8.42. The van der Waals surface area contributed by atoms with Crippen LogP contribution in [-0.2, 0) is 4.43 Å². The van der Waals surface area contributed by atoms with Crippen LogP contribution in [0.15, 0.2) is 0 Å². The van der Waals surface area contributed by atoms with Crippen LogP contribution in [0, 0.1) is 0 Å². The van der Waals surface area contributed by atoms with Crippen LogP contribution in [-0.4, -0.2) is 21.3 Å². The predicted molar refractivity (Wildman–Crippen MR) is 63.1 cm³/mol. The molecule has 13 heavy (non-hydrogen) atoms. The van der Waals surface area contributed by atoms with Gasteiger partial charge >= 0.3 is 0 Å². The highest BCUT2D eigenvalue weighted by Crippen LogP contribution is 2.26. The van der Waals surface area contributed by atoms with Crippen molar-refractivity contribution in [1.82, 2.24) is 0 Å². The average Bonchev–Trinajstić information content (AvgIpc) is 2.15. The lowest BCUT2D eigenvalue weighted by molar-refractivity contribution is 0.386. The lowest BCUT2D eigenvalue weighted by Gasteiger charge is -2.29. The molecule has 0 saturated heterocycles. The standard InChI is InChI=1S/C10H23ClOSi/c1-4-8-13(12-3,9-5-2)10-6-7-11/h4-10H2,1-3H3. The minimum Gasteiger partial charge on any atom is -0.420 e. The number of rotatable bonds is 8. The third kappa shape index (κ3) is 5.04. The molecule has 0 aromatic heterocycles. The molecule has 0 aromatic carbocycles. The Kier molecular flexibility index (Phi) is 8.11. The van der Waals surface area contributed by atoms with Crippen LogP contribution in [0.25, 0.3) is 0 Å². The molecule has 0 aromatic rings. The molecule has 0 radical (unpaired) electrons. The molecule has 0 heterocycles. The van der Waals surface area contributed by atoms with Gasteiger partial charge in [0.05, 0.1) is 0 Å². The van der Waals surface area contributed by atoms with Gasteiger partial charge in [0.2, 0.25) is 0 Å². The van der Waals surface area contributed by atoms with Gasteiger partial charge in [0, 0.05) is 13.0 Å². The molecule has 0 amide bonds. The molecule has 0 aliphatic heterocycles. The van der Waals surface area contributed by atoms with E-state index in [1.165, 1.54) is 31.0 Å². The van der Waals surface area contributed by atoms with Gasteiger partial charge in [0.1, 0.15) is 0 Å². The maximum Gasteiger partial charge on any atom is 0.192 e. The van der Waals surface area contributed by atoms with Gasteiger partial charge in [0.25, 0.3) is 0 Å². The van der Waals surface area contributed by atoms with Crippen LogP contribution in [0.3, 0.4) is 0 Å². The molecule has 0 spiro atoms. The molecule has 0 saturated carbocycles. The first-order chi connectivity index (χ1) is 6.24. The van der Waals surface area contributed by atoms with Crippen molar-refractivity contribution < 1.29 is 4.43 Å². The number of halogens is 1. The summed E-state index contributed by atoms with van der Waals surface area (Å²) in [5, 5.41) is 0. The van der Waals surface area contributed by atoms with Gasteiger partial charge < -0.3 is 4.43 Å². The molecular formula is C10H23ClOSi. The zero-order valence-corrected chi connectivity index (χ0v) is 11.0. The molecule has 0 unspecified atom stereocenters. The Morgan fingerprint density at radius 1 is 1.08 bits per heavy atom. The summed E-state index contributed by atoms with van der Waals surface area (Å²) in [6, 6.07) is 3.84. The van der Waals surface area contributed by atoms with E-state index in [1.807, 2.05) is 7.11 Å². The van der Waals surface area contributed by atoms with Gasteiger partial charge in [-0.15, -0.1) is 11.6 Å². The zero-order chi connectivity index (χ0) is 10.2. The smallest absolute Gasteiger partial charge is 0.192 e. The van der Waals surface area contributed by atoms with Crippen LogP contribution in [0.4, 0.5) is 0 Å². The van der Waals surface area contributed by atoms with Gasteiger partial charge in [-0.3, -0.25) is 0 Å². The van der Waals surface area contributed by atoms with E-state index < -0.39 is 8.32 Å². The second-order valence-corrected chi connectivity index (χ2v) is 8.33. The molecule has 1 nitrogen and oxygen atoms in total. The van der Waals surface area contributed by atoms with E-state index in [-0.39, 0.29) is 0 Å². The Bertz CT molecular complexity index is 113. The fourth-order valence-corrected chi connectivity index (χ4v) is 6.35. The Balaban J connectivity index is 4.07. The maximum absolute atomic E-state index is 5.80. The summed E-state index contributed by atoms with van der Waals surface area (Å²) in [6.45, 7) is 4.49. The Hall–Kier alpha value is 0.467. The van der Waals surface area contributed by atoms with Crippen molar-refractivity contribution >= 4 is 19.9 Å². The first kappa shape index (κ1) is 13.5. The molecule has 0 aliphatic carbocycles. The summed E-state index contributed by atoms with van der Waals surface area (Å²) in [7, 11) is 0.520. The molecular weight excluding hydrogens is 200 g/mol. The molecule has 3 heteroatoms. The molecule has 0 bridgehead atoms. The van der Waals surface area contributed by atoms with Crippen molar-refractivity contribution in [3.8, 4) is 0 Å². The second-order valence-electron chi connectivity index (χ2n) is 3.68. The summed E-state index contributed by atoms with van der Waals surface area (Å²) in [5.74, 6) is 0.783. The van der Waals surface area contributed by atoms with Gasteiger partial charge in [-0.05, 0) is 24.6 Å². The van der Waals surface area contributed by atoms with E-state index in [0.29, 0.717) is 0 Å². The summed E-state index contributed by atoms with van der Waals surface area (Å²) in [4.78, 5) is 0. The van der Waals surface area contributed by atoms with Crippen molar-refractivity contribution in [3.63, 3.8) is 0 Å². The third-order valence-corrected chi connectivity index (χ3v) is 7.83. The van der Waals surface area contributed by atoms with Crippen LogP contribution >= 0.6 is 11.6 Å². The van der Waals surface area contributed by atoms with Crippen LogP contribution < -0.4 is 0 Å². The third-order valence-electron chi connectivity index (χ3n) is 2.61. The van der Waals surface area contributed by atoms with E-state index in [4.69, 9.17) is 16.0 Å². The quantitative estimate of drug-likeness (QED) is 0.445. The highest BCUT2D eigenvalue weighted by molar-refractivity contribution is 6.73. The maximum atomic E-state index is 5.80. The first-order valence-electron chi connectivity index (χ1n) is 5.35. The van der Waals surface area contributed by atoms with Crippen LogP contribution in [0.2, 0.25) is 18.1 Å². The minimum atomic E-state index is -1.37. The molecule has 0 fully saturated rings. The topological polar surface area (TPSA) is 9.23 Å². The highest BCUT2D eigenvalue weighted by atomic mass is 35.5. The predicted octanol–water partition coefficient (Wildman–Crippen LogP) is 4.03. The zero-order valence-electron chi connectivity index (χ0n) is 9.24. The highest BCUT2D eigenvalue weighted by Gasteiger charge is 2.30. The fourth-order valence-electron chi connectivity index (χ4n) is 1.98. The molecule has 0 rings (SSSR count). The number of alkyl halides is 1. The van der Waals surface area contributed by atoms with Gasteiger partial charge in [0.15, 0.2) is 8.32 Å². The Labute approximate surface area is 88.9 Å². The summed E-state index contributed by atoms with van der Waals surface area (Å²) < 4.78 is 5.80. The molecule has 0 aliphatic rings. The lowest BCUT2D eigenvalue weighted by atomic mass is 10.5. The largest absolute Gasteiger partial charge is 0.420 e. The fraction of sp³-hybridized carbons (Fsp3) is 1.00. The average molecular weight is 223 g/mol. The van der Waals surface area contributed by atoms with E-state index in [1.54, 1.807) is 0 Å². The van der Waals surface area contributed by atoms with Gasteiger partial charge in [-0.1, -0.05) is 26.7 Å². The molecule has 80 valence electrons. The van der Waals surface area contributed by atoms with Crippen molar-refractivity contribution in [2.45, 2.75) is 51.2 Å². The summed E-state index contributed by atoms with van der Waals surface area (Å²) in [6.07, 6.45) is 3.63. The minimum absolute atomic E-state index is 0.783. The van der Waals surface area contributed by atoms with Crippen molar-refractivity contribution in [1.29, 1.82) is 0 Å². The van der Waals surface area contributed by atoms with Crippen molar-refractivity contribution in [2.75, 3.05) is 13.0 Å². The van der Waals surface area contributed by atoms with Crippen molar-refractivity contribution in [2.24, 2.45) is 0 Å². The van der Waals surface area contributed by atoms with Gasteiger partial charge in [-0.2, -0.15) is 0 Å². The van der Waals surface area contributed by atoms with Crippen LogP contribution in [0.1, 0.15) is 33.1 Å².